The van der Waals surface area contributed by atoms with E-state index in [1.807, 2.05) is 23.1 Å². The molecular formula is C12H24Cl2N4. The number of aromatic nitrogens is 2. The van der Waals surface area contributed by atoms with Crippen LogP contribution in [-0.2, 0) is 6.54 Å². The van der Waals surface area contributed by atoms with Crippen molar-refractivity contribution >= 4 is 24.8 Å². The van der Waals surface area contributed by atoms with Crippen molar-refractivity contribution in [2.24, 2.45) is 11.7 Å². The summed E-state index contributed by atoms with van der Waals surface area (Å²) in [6, 6.07) is 2.53. The van der Waals surface area contributed by atoms with Crippen molar-refractivity contribution < 1.29 is 0 Å². The maximum atomic E-state index is 5.87. The summed E-state index contributed by atoms with van der Waals surface area (Å²) in [4.78, 5) is 2.52. The fraction of sp³-hybridized carbons (Fsp3) is 0.750. The average molecular weight is 295 g/mol. The Morgan fingerprint density at radius 2 is 2.11 bits per heavy atom. The highest BCUT2D eigenvalue weighted by Crippen LogP contribution is 2.22. The second-order valence-corrected chi connectivity index (χ2v) is 4.73. The largest absolute Gasteiger partial charge is 0.329 e. The molecule has 0 saturated carbocycles. The van der Waals surface area contributed by atoms with Gasteiger partial charge in [-0.15, -0.1) is 24.8 Å². The Bertz CT molecular complexity index is 305. The summed E-state index contributed by atoms with van der Waals surface area (Å²) in [5, 5.41) is 4.23. The van der Waals surface area contributed by atoms with E-state index in [9.17, 15) is 0 Å². The molecule has 2 unspecified atom stereocenters. The van der Waals surface area contributed by atoms with Crippen LogP contribution in [0.2, 0.25) is 0 Å². The average Bonchev–Trinajstić information content (AvgIpc) is 2.79. The standard InChI is InChI=1S/C12H22N4.2ClH/c1-11-4-2-6-15(12(11)10-13)8-9-16-7-3-5-14-16;;/h3,5,7,11-12H,2,4,6,8-10,13H2,1H3;2*1H. The number of nitrogens with zero attached hydrogens (tertiary/aromatic N) is 3. The van der Waals surface area contributed by atoms with E-state index >= 15 is 0 Å². The molecule has 1 aliphatic heterocycles. The molecule has 0 bridgehead atoms. The zero-order chi connectivity index (χ0) is 11.4. The molecule has 1 fully saturated rings. The lowest BCUT2D eigenvalue weighted by Gasteiger charge is -2.39. The molecule has 106 valence electrons. The third kappa shape index (κ3) is 4.43. The van der Waals surface area contributed by atoms with Crippen molar-refractivity contribution in [1.29, 1.82) is 0 Å². The van der Waals surface area contributed by atoms with Gasteiger partial charge < -0.3 is 5.73 Å². The zero-order valence-electron chi connectivity index (χ0n) is 10.9. The molecule has 2 N–H and O–H groups in total. The van der Waals surface area contributed by atoms with E-state index < -0.39 is 0 Å². The molecule has 2 heterocycles. The molecule has 4 nitrogen and oxygen atoms in total. The van der Waals surface area contributed by atoms with Gasteiger partial charge in [0.15, 0.2) is 0 Å². The number of nitrogens with two attached hydrogens (primary N) is 1. The van der Waals surface area contributed by atoms with E-state index in [4.69, 9.17) is 5.73 Å². The molecule has 0 aromatic carbocycles. The number of rotatable bonds is 4. The van der Waals surface area contributed by atoms with Crippen molar-refractivity contribution in [3.05, 3.63) is 18.5 Å². The summed E-state index contributed by atoms with van der Waals surface area (Å²) in [7, 11) is 0. The van der Waals surface area contributed by atoms with Gasteiger partial charge >= 0.3 is 0 Å². The van der Waals surface area contributed by atoms with Crippen LogP contribution in [0.1, 0.15) is 19.8 Å². The predicted molar refractivity (Wildman–Crippen MR) is 79.5 cm³/mol. The highest BCUT2D eigenvalue weighted by atomic mass is 35.5. The van der Waals surface area contributed by atoms with E-state index in [2.05, 4.69) is 16.9 Å². The number of hydrogen-bond acceptors (Lipinski definition) is 3. The van der Waals surface area contributed by atoms with Crippen LogP contribution in [0.5, 0.6) is 0 Å². The smallest absolute Gasteiger partial charge is 0.0536 e. The van der Waals surface area contributed by atoms with E-state index in [-0.39, 0.29) is 24.8 Å². The van der Waals surface area contributed by atoms with Crippen molar-refractivity contribution in [2.45, 2.75) is 32.4 Å². The van der Waals surface area contributed by atoms with Crippen molar-refractivity contribution in [3.8, 4) is 0 Å². The first kappa shape index (κ1) is 17.7. The van der Waals surface area contributed by atoms with E-state index in [1.165, 1.54) is 19.4 Å². The van der Waals surface area contributed by atoms with Gasteiger partial charge in [-0.2, -0.15) is 5.10 Å². The minimum absolute atomic E-state index is 0. The molecule has 18 heavy (non-hydrogen) atoms. The highest BCUT2D eigenvalue weighted by molar-refractivity contribution is 5.85. The Labute approximate surface area is 122 Å². The number of hydrogen-bond donors (Lipinski definition) is 1. The van der Waals surface area contributed by atoms with Gasteiger partial charge in [-0.25, -0.2) is 0 Å². The molecule has 1 aliphatic rings. The second kappa shape index (κ2) is 8.75. The quantitative estimate of drug-likeness (QED) is 0.921. The molecule has 2 atom stereocenters. The van der Waals surface area contributed by atoms with Crippen molar-refractivity contribution in [1.82, 2.24) is 14.7 Å². The lowest BCUT2D eigenvalue weighted by Crippen LogP contribution is -2.49. The maximum Gasteiger partial charge on any atom is 0.0536 e. The lowest BCUT2D eigenvalue weighted by molar-refractivity contribution is 0.101. The van der Waals surface area contributed by atoms with Gasteiger partial charge in [0.05, 0.1) is 6.54 Å². The summed E-state index contributed by atoms with van der Waals surface area (Å²) < 4.78 is 1.99. The Kier molecular flexibility index (Phi) is 8.61. The van der Waals surface area contributed by atoms with Crippen LogP contribution < -0.4 is 5.73 Å². The first-order valence-corrected chi connectivity index (χ1v) is 6.23. The number of likely N-dealkylation sites (tertiary alicyclic amines) is 1. The zero-order valence-corrected chi connectivity index (χ0v) is 12.5. The third-order valence-corrected chi connectivity index (χ3v) is 3.65. The molecule has 0 amide bonds. The van der Waals surface area contributed by atoms with Gasteiger partial charge in [0.25, 0.3) is 0 Å². The van der Waals surface area contributed by atoms with Gasteiger partial charge in [0, 0.05) is 31.5 Å². The highest BCUT2D eigenvalue weighted by Gasteiger charge is 2.26. The summed E-state index contributed by atoms with van der Waals surface area (Å²) in [6.45, 7) is 6.31. The van der Waals surface area contributed by atoms with Gasteiger partial charge in [-0.3, -0.25) is 9.58 Å². The first-order valence-electron chi connectivity index (χ1n) is 6.23. The molecule has 0 spiro atoms. The van der Waals surface area contributed by atoms with Gasteiger partial charge in [-0.1, -0.05) is 6.92 Å². The van der Waals surface area contributed by atoms with Crippen molar-refractivity contribution in [3.63, 3.8) is 0 Å². The Balaban J connectivity index is 0.00000144. The van der Waals surface area contributed by atoms with Crippen LogP contribution in [0.4, 0.5) is 0 Å². The van der Waals surface area contributed by atoms with Crippen LogP contribution in [0.25, 0.3) is 0 Å². The Hall–Kier alpha value is -0.290. The minimum atomic E-state index is 0. The second-order valence-electron chi connectivity index (χ2n) is 4.73. The van der Waals surface area contributed by atoms with Crippen LogP contribution >= 0.6 is 24.8 Å². The SMILES string of the molecule is CC1CCCN(CCn2cccn2)C1CN.Cl.Cl. The molecule has 2 rings (SSSR count). The molecule has 1 aromatic rings. The molecule has 0 aliphatic carbocycles. The van der Waals surface area contributed by atoms with Crippen molar-refractivity contribution in [2.75, 3.05) is 19.6 Å². The fourth-order valence-corrected chi connectivity index (χ4v) is 2.66. The van der Waals surface area contributed by atoms with E-state index in [0.29, 0.717) is 6.04 Å². The van der Waals surface area contributed by atoms with Gasteiger partial charge in [0.1, 0.15) is 0 Å². The number of piperidine rings is 1. The van der Waals surface area contributed by atoms with Crippen LogP contribution in [0.15, 0.2) is 18.5 Å². The minimum Gasteiger partial charge on any atom is -0.329 e. The summed E-state index contributed by atoms with van der Waals surface area (Å²) >= 11 is 0. The predicted octanol–water partition coefficient (Wildman–Crippen LogP) is 1.79. The van der Waals surface area contributed by atoms with Crippen LogP contribution in [-0.4, -0.2) is 40.4 Å². The monoisotopic (exact) mass is 294 g/mol. The van der Waals surface area contributed by atoms with Crippen LogP contribution in [0, 0.1) is 5.92 Å². The summed E-state index contributed by atoms with van der Waals surface area (Å²) in [6.07, 6.45) is 6.47. The molecule has 1 aromatic heterocycles. The van der Waals surface area contributed by atoms with Crippen LogP contribution in [0.3, 0.4) is 0 Å². The van der Waals surface area contributed by atoms with Gasteiger partial charge in [-0.05, 0) is 31.4 Å². The molecule has 1 saturated heterocycles. The fourth-order valence-electron chi connectivity index (χ4n) is 2.66. The topological polar surface area (TPSA) is 47.1 Å². The van der Waals surface area contributed by atoms with E-state index in [0.717, 1.165) is 25.6 Å². The lowest BCUT2D eigenvalue weighted by atomic mass is 9.91. The van der Waals surface area contributed by atoms with Gasteiger partial charge in [0.2, 0.25) is 0 Å². The summed E-state index contributed by atoms with van der Waals surface area (Å²) in [5.74, 6) is 0.733. The third-order valence-electron chi connectivity index (χ3n) is 3.65. The Morgan fingerprint density at radius 1 is 1.33 bits per heavy atom. The number of halogens is 2. The molecule has 0 radical (unpaired) electrons. The normalized spacial score (nSPS) is 24.1. The van der Waals surface area contributed by atoms with E-state index in [1.54, 1.807) is 0 Å². The Morgan fingerprint density at radius 3 is 2.72 bits per heavy atom. The molecular weight excluding hydrogens is 271 g/mol. The maximum absolute atomic E-state index is 5.87. The summed E-state index contributed by atoms with van der Waals surface area (Å²) in [5.41, 5.74) is 5.87. The first-order chi connectivity index (χ1) is 7.81. The molecule has 6 heteroatoms.